The Labute approximate surface area is 164 Å². The molecule has 1 fully saturated rings. The fourth-order valence-electron chi connectivity index (χ4n) is 3.49. The molecule has 1 atom stereocenters. The maximum atomic E-state index is 13.3. The Bertz CT molecular complexity index is 1080. The molecule has 0 bridgehead atoms. The highest BCUT2D eigenvalue weighted by Gasteiger charge is 2.40. The van der Waals surface area contributed by atoms with Gasteiger partial charge in [0.25, 0.3) is 0 Å². The molecule has 0 aliphatic carbocycles. The van der Waals surface area contributed by atoms with Crippen molar-refractivity contribution in [1.29, 1.82) is 0 Å². The summed E-state index contributed by atoms with van der Waals surface area (Å²) >= 11 is 1.51. The third-order valence-electron chi connectivity index (χ3n) is 4.85. The van der Waals surface area contributed by atoms with Gasteiger partial charge in [0.2, 0.25) is 10.0 Å². The first-order chi connectivity index (χ1) is 13.3. The molecule has 1 aliphatic rings. The number of halogens is 3. The Morgan fingerprint density at radius 2 is 1.79 bits per heavy atom. The first-order valence-electron chi connectivity index (χ1n) is 8.78. The van der Waals surface area contributed by atoms with E-state index >= 15 is 0 Å². The zero-order chi connectivity index (χ0) is 19.9. The molecule has 3 aromatic rings. The summed E-state index contributed by atoms with van der Waals surface area (Å²) in [6.07, 6.45) is -3.40. The van der Waals surface area contributed by atoms with Crippen LogP contribution in [0.5, 0.6) is 0 Å². The van der Waals surface area contributed by atoms with E-state index in [4.69, 9.17) is 0 Å². The van der Waals surface area contributed by atoms with Crippen molar-refractivity contribution in [3.8, 4) is 0 Å². The Kier molecular flexibility index (Phi) is 4.93. The predicted octanol–water partition coefficient (Wildman–Crippen LogP) is 4.88. The lowest BCUT2D eigenvalue weighted by Crippen LogP contribution is -2.39. The van der Waals surface area contributed by atoms with Gasteiger partial charge in [0, 0.05) is 19.0 Å². The van der Waals surface area contributed by atoms with E-state index in [1.54, 1.807) is 0 Å². The second kappa shape index (κ2) is 7.13. The zero-order valence-corrected chi connectivity index (χ0v) is 16.3. The van der Waals surface area contributed by atoms with Crippen LogP contribution in [0.25, 0.3) is 10.2 Å². The van der Waals surface area contributed by atoms with Crippen molar-refractivity contribution in [2.24, 2.45) is 0 Å². The maximum absolute atomic E-state index is 13.3. The molecule has 9 heteroatoms. The second-order valence-corrected chi connectivity index (χ2v) is 9.68. The van der Waals surface area contributed by atoms with Crippen LogP contribution in [0.1, 0.15) is 29.3 Å². The number of sulfonamides is 1. The number of alkyl halides is 3. The van der Waals surface area contributed by atoms with Crippen molar-refractivity contribution in [2.75, 3.05) is 13.1 Å². The molecule has 1 aliphatic heterocycles. The van der Waals surface area contributed by atoms with Crippen molar-refractivity contribution in [3.63, 3.8) is 0 Å². The van der Waals surface area contributed by atoms with Gasteiger partial charge in [0.15, 0.2) is 0 Å². The molecule has 2 heterocycles. The Hall–Kier alpha value is -1.97. The number of hydrogen-bond acceptors (Lipinski definition) is 4. The smallest absolute Gasteiger partial charge is 0.241 e. The molecule has 0 N–H and O–H groups in total. The predicted molar refractivity (Wildman–Crippen MR) is 102 cm³/mol. The molecule has 4 nitrogen and oxygen atoms in total. The third-order valence-corrected chi connectivity index (χ3v) is 7.98. The first-order valence-corrected chi connectivity index (χ1v) is 11.0. The van der Waals surface area contributed by atoms with Crippen LogP contribution < -0.4 is 0 Å². The highest BCUT2D eigenvalue weighted by molar-refractivity contribution is 7.89. The summed E-state index contributed by atoms with van der Waals surface area (Å²) in [6, 6.07) is 12.0. The molecule has 1 unspecified atom stereocenters. The normalized spacial score (nSPS) is 19.2. The van der Waals surface area contributed by atoms with Gasteiger partial charge in [-0.25, -0.2) is 13.4 Å². The van der Waals surface area contributed by atoms with Crippen molar-refractivity contribution in [1.82, 2.24) is 9.29 Å². The van der Waals surface area contributed by atoms with Crippen LogP contribution >= 0.6 is 11.3 Å². The largest absolute Gasteiger partial charge is 0.417 e. The number of piperidine rings is 1. The molecular formula is C19H17F3N2O2S2. The van der Waals surface area contributed by atoms with E-state index in [1.165, 1.54) is 23.5 Å². The van der Waals surface area contributed by atoms with Gasteiger partial charge in [-0.3, -0.25) is 0 Å². The monoisotopic (exact) mass is 426 g/mol. The Morgan fingerprint density at radius 1 is 1.07 bits per heavy atom. The molecule has 0 radical (unpaired) electrons. The van der Waals surface area contributed by atoms with E-state index in [0.29, 0.717) is 6.42 Å². The quantitative estimate of drug-likeness (QED) is 0.600. The number of hydrogen-bond donors (Lipinski definition) is 0. The second-order valence-electron chi connectivity index (χ2n) is 6.72. The van der Waals surface area contributed by atoms with Crippen LogP contribution in [0.2, 0.25) is 0 Å². The topological polar surface area (TPSA) is 50.3 Å². The lowest BCUT2D eigenvalue weighted by atomic mass is 10.0. The number of aromatic nitrogens is 1. The summed E-state index contributed by atoms with van der Waals surface area (Å²) < 4.78 is 68.1. The van der Waals surface area contributed by atoms with Crippen LogP contribution in [-0.4, -0.2) is 30.8 Å². The molecule has 1 saturated heterocycles. The third kappa shape index (κ3) is 3.54. The molecular weight excluding hydrogens is 409 g/mol. The SMILES string of the molecule is O=S(=O)(c1ccccc1C(F)(F)F)N1CCCC(c2nc3ccccc3s2)C1. The number of para-hydroxylation sites is 1. The lowest BCUT2D eigenvalue weighted by molar-refractivity contribution is -0.139. The van der Waals surface area contributed by atoms with Crippen molar-refractivity contribution in [2.45, 2.75) is 29.8 Å². The minimum absolute atomic E-state index is 0.126. The van der Waals surface area contributed by atoms with Crippen LogP contribution in [0, 0.1) is 0 Å². The highest BCUT2D eigenvalue weighted by atomic mass is 32.2. The maximum Gasteiger partial charge on any atom is 0.417 e. The van der Waals surface area contributed by atoms with Crippen molar-refractivity contribution < 1.29 is 21.6 Å². The van der Waals surface area contributed by atoms with Gasteiger partial charge in [-0.15, -0.1) is 11.3 Å². The van der Waals surface area contributed by atoms with Crippen LogP contribution in [0.3, 0.4) is 0 Å². The summed E-state index contributed by atoms with van der Waals surface area (Å²) in [5.74, 6) is -0.126. The summed E-state index contributed by atoms with van der Waals surface area (Å²) in [5.41, 5.74) is -0.276. The number of thiazole rings is 1. The summed E-state index contributed by atoms with van der Waals surface area (Å²) in [7, 11) is -4.26. The minimum Gasteiger partial charge on any atom is -0.241 e. The Balaban J connectivity index is 1.66. The van der Waals surface area contributed by atoms with Crippen LogP contribution in [-0.2, 0) is 16.2 Å². The van der Waals surface area contributed by atoms with Gasteiger partial charge in [0.1, 0.15) is 0 Å². The summed E-state index contributed by atoms with van der Waals surface area (Å²) in [5, 5.41) is 0.824. The standard InChI is InChI=1S/C19H17F3N2O2S2/c20-19(21,22)14-7-1-4-10-17(14)28(25,26)24-11-5-6-13(12-24)18-23-15-8-2-3-9-16(15)27-18/h1-4,7-10,13H,5-6,11-12H2. The molecule has 2 aromatic carbocycles. The molecule has 0 amide bonds. The van der Waals surface area contributed by atoms with E-state index in [2.05, 4.69) is 4.98 Å². The van der Waals surface area contributed by atoms with Crippen molar-refractivity contribution in [3.05, 3.63) is 59.1 Å². The van der Waals surface area contributed by atoms with Crippen LogP contribution in [0.15, 0.2) is 53.4 Å². The molecule has 4 rings (SSSR count). The highest BCUT2D eigenvalue weighted by Crippen LogP contribution is 2.38. The first kappa shape index (κ1) is 19.4. The van der Waals surface area contributed by atoms with Crippen molar-refractivity contribution >= 4 is 31.6 Å². The minimum atomic E-state index is -4.73. The van der Waals surface area contributed by atoms with E-state index < -0.39 is 26.7 Å². The number of fused-ring (bicyclic) bond motifs is 1. The average molecular weight is 426 g/mol. The average Bonchev–Trinajstić information content (AvgIpc) is 3.12. The molecule has 148 valence electrons. The Morgan fingerprint density at radius 3 is 2.54 bits per heavy atom. The summed E-state index contributed by atoms with van der Waals surface area (Å²) in [4.78, 5) is 3.91. The molecule has 1 aromatic heterocycles. The van der Waals surface area contributed by atoms with Gasteiger partial charge < -0.3 is 0 Å². The fraction of sp³-hybridized carbons (Fsp3) is 0.316. The number of rotatable bonds is 3. The van der Waals surface area contributed by atoms with E-state index in [-0.39, 0.29) is 19.0 Å². The molecule has 0 saturated carbocycles. The van der Waals surface area contributed by atoms with E-state index in [0.717, 1.165) is 38.1 Å². The molecule has 0 spiro atoms. The fourth-order valence-corrected chi connectivity index (χ4v) is 6.32. The van der Waals surface area contributed by atoms with Gasteiger partial charge in [-0.2, -0.15) is 17.5 Å². The zero-order valence-electron chi connectivity index (χ0n) is 14.7. The number of nitrogens with zero attached hydrogens (tertiary/aromatic N) is 2. The van der Waals surface area contributed by atoms with E-state index in [1.807, 2.05) is 24.3 Å². The van der Waals surface area contributed by atoms with Crippen LogP contribution in [0.4, 0.5) is 13.2 Å². The molecule has 28 heavy (non-hydrogen) atoms. The van der Waals surface area contributed by atoms with Gasteiger partial charge in [0.05, 0.1) is 25.7 Å². The van der Waals surface area contributed by atoms with E-state index in [9.17, 15) is 21.6 Å². The van der Waals surface area contributed by atoms with Gasteiger partial charge in [-0.05, 0) is 37.1 Å². The number of benzene rings is 2. The lowest BCUT2D eigenvalue weighted by Gasteiger charge is -2.31. The van der Waals surface area contributed by atoms with Gasteiger partial charge in [-0.1, -0.05) is 24.3 Å². The summed E-state index contributed by atoms with van der Waals surface area (Å²) in [6.45, 7) is 0.338. The van der Waals surface area contributed by atoms with Gasteiger partial charge >= 0.3 is 6.18 Å².